The molecule has 1 saturated heterocycles. The molecular formula is C22H33Cl2N3O4S. The normalized spacial score (nSPS) is 18.2. The van der Waals surface area contributed by atoms with Crippen LogP contribution in [-0.4, -0.2) is 57.6 Å². The number of nitrogens with zero attached hydrogens (tertiary/aromatic N) is 1. The lowest BCUT2D eigenvalue weighted by Gasteiger charge is -2.38. The second-order valence-electron chi connectivity index (χ2n) is 8.79. The number of rotatable bonds is 9. The first-order valence-electron chi connectivity index (χ1n) is 10.6. The maximum absolute atomic E-state index is 13.0. The quantitative estimate of drug-likeness (QED) is 0.351. The molecule has 1 aliphatic rings. The summed E-state index contributed by atoms with van der Waals surface area (Å²) in [7, 11) is 0. The topological polar surface area (TPSA) is 111 Å². The monoisotopic (exact) mass is 505 g/mol. The van der Waals surface area contributed by atoms with Crippen molar-refractivity contribution in [1.82, 2.24) is 9.62 Å². The van der Waals surface area contributed by atoms with E-state index < -0.39 is 22.2 Å². The van der Waals surface area contributed by atoms with Crippen LogP contribution in [0.5, 0.6) is 5.75 Å². The fourth-order valence-electron chi connectivity index (χ4n) is 3.53. The van der Waals surface area contributed by atoms with E-state index in [9.17, 15) is 14.5 Å². The molecule has 1 aliphatic heterocycles. The molecule has 2 rings (SSSR count). The highest BCUT2D eigenvalue weighted by molar-refractivity contribution is 7.90. The first-order chi connectivity index (χ1) is 15.0. The van der Waals surface area contributed by atoms with E-state index in [4.69, 9.17) is 33.7 Å². The molecule has 7 nitrogen and oxygen atoms in total. The summed E-state index contributed by atoms with van der Waals surface area (Å²) in [6, 6.07) is 3.06. The Morgan fingerprint density at radius 3 is 2.53 bits per heavy atom. The summed E-state index contributed by atoms with van der Waals surface area (Å²) in [4.78, 5) is 13.9. The number of halogens is 2. The lowest BCUT2D eigenvalue weighted by molar-refractivity contribution is -0.141. The Labute approximate surface area is 203 Å². The molecule has 1 aromatic rings. The minimum Gasteiger partial charge on any atom is -0.598 e. The molecule has 180 valence electrons. The summed E-state index contributed by atoms with van der Waals surface area (Å²) in [5.74, 6) is 0.224. The maximum Gasteiger partial charge on any atom is 0.252 e. The first-order valence-corrected chi connectivity index (χ1v) is 12.5. The number of benzene rings is 1. The molecule has 1 aromatic carbocycles. The van der Waals surface area contributed by atoms with Gasteiger partial charge in [-0.25, -0.2) is 0 Å². The van der Waals surface area contributed by atoms with Crippen molar-refractivity contribution in [2.24, 2.45) is 11.7 Å². The van der Waals surface area contributed by atoms with E-state index >= 15 is 0 Å². The van der Waals surface area contributed by atoms with Gasteiger partial charge in [-0.1, -0.05) is 35.9 Å². The predicted molar refractivity (Wildman–Crippen MR) is 130 cm³/mol. The molecule has 0 saturated carbocycles. The lowest BCUT2D eigenvalue weighted by atomic mass is 9.85. The van der Waals surface area contributed by atoms with Gasteiger partial charge in [0.05, 0.1) is 16.1 Å². The van der Waals surface area contributed by atoms with Gasteiger partial charge >= 0.3 is 0 Å². The van der Waals surface area contributed by atoms with E-state index in [0.29, 0.717) is 41.7 Å². The Morgan fingerprint density at radius 1 is 1.41 bits per heavy atom. The summed E-state index contributed by atoms with van der Waals surface area (Å²) in [6.45, 7) is 10.5. The van der Waals surface area contributed by atoms with Crippen LogP contribution in [0.4, 0.5) is 0 Å². The minimum atomic E-state index is -1.36. The molecule has 0 aromatic heterocycles. The SMILES string of the molecule is C=CCOc1cc(Cl)c(Cl)cc1C(N[S+]([O-])C(C)(C)C)C1CCN(C(=O)C(O)CN)CC1. The number of nitrogens with one attached hydrogen (secondary N) is 1. The summed E-state index contributed by atoms with van der Waals surface area (Å²) in [6.07, 6.45) is 1.73. The lowest BCUT2D eigenvalue weighted by Crippen LogP contribution is -2.49. The number of piperidine rings is 1. The Bertz CT molecular complexity index is 798. The van der Waals surface area contributed by atoms with Gasteiger partial charge in [-0.05, 0) is 45.6 Å². The van der Waals surface area contributed by atoms with Crippen molar-refractivity contribution in [2.75, 3.05) is 26.2 Å². The average Bonchev–Trinajstić information content (AvgIpc) is 2.76. The third-order valence-corrected chi connectivity index (χ3v) is 7.67. The Balaban J connectivity index is 2.35. The van der Waals surface area contributed by atoms with Gasteiger partial charge in [-0.2, -0.15) is 0 Å². The molecule has 0 bridgehead atoms. The number of aliphatic hydroxyl groups is 1. The van der Waals surface area contributed by atoms with E-state index in [1.54, 1.807) is 23.1 Å². The van der Waals surface area contributed by atoms with Crippen molar-refractivity contribution >= 4 is 40.5 Å². The highest BCUT2D eigenvalue weighted by atomic mass is 35.5. The molecule has 0 spiro atoms. The van der Waals surface area contributed by atoms with Crippen LogP contribution in [0.3, 0.4) is 0 Å². The molecule has 10 heteroatoms. The van der Waals surface area contributed by atoms with E-state index in [1.807, 2.05) is 20.8 Å². The average molecular weight is 506 g/mol. The fraction of sp³-hybridized carbons (Fsp3) is 0.591. The van der Waals surface area contributed by atoms with Crippen molar-refractivity contribution in [2.45, 2.75) is 50.5 Å². The van der Waals surface area contributed by atoms with Gasteiger partial charge < -0.3 is 25.0 Å². The predicted octanol–water partition coefficient (Wildman–Crippen LogP) is 3.21. The van der Waals surface area contributed by atoms with E-state index in [2.05, 4.69) is 11.3 Å². The standard InChI is InChI=1S/C22H33Cl2N3O4S/c1-5-10-31-19-12-17(24)16(23)11-15(19)20(26-32(30)22(2,3)4)14-6-8-27(9-7-14)21(29)18(28)13-25/h5,11-12,14,18,20,26,28H,1,6-10,13,25H2,2-4H3. The highest BCUT2D eigenvalue weighted by Crippen LogP contribution is 2.40. The number of hydrogen-bond acceptors (Lipinski definition) is 6. The summed E-state index contributed by atoms with van der Waals surface area (Å²) in [5, 5.41) is 10.5. The zero-order valence-electron chi connectivity index (χ0n) is 18.8. The fourth-order valence-corrected chi connectivity index (χ4v) is 4.76. The molecule has 1 amide bonds. The van der Waals surface area contributed by atoms with Crippen molar-refractivity contribution in [3.05, 3.63) is 40.4 Å². The van der Waals surface area contributed by atoms with Gasteiger partial charge in [0.2, 0.25) is 0 Å². The Morgan fingerprint density at radius 2 is 2.00 bits per heavy atom. The number of likely N-dealkylation sites (tertiary alicyclic amines) is 1. The number of carbonyl (C=O) groups is 1. The van der Waals surface area contributed by atoms with Crippen molar-refractivity contribution in [3.8, 4) is 5.75 Å². The molecule has 1 fully saturated rings. The van der Waals surface area contributed by atoms with Crippen LogP contribution in [-0.2, 0) is 16.2 Å². The molecule has 0 radical (unpaired) electrons. The van der Waals surface area contributed by atoms with E-state index in [1.165, 1.54) is 0 Å². The second-order valence-corrected chi connectivity index (χ2v) is 11.6. The van der Waals surface area contributed by atoms with Crippen molar-refractivity contribution in [1.29, 1.82) is 0 Å². The minimum absolute atomic E-state index is 0.0451. The zero-order valence-corrected chi connectivity index (χ0v) is 21.1. The van der Waals surface area contributed by atoms with E-state index in [0.717, 1.165) is 5.56 Å². The third kappa shape index (κ3) is 7.00. The number of aliphatic hydroxyl groups excluding tert-OH is 1. The Kier molecular flexibility index (Phi) is 10.2. The largest absolute Gasteiger partial charge is 0.598 e. The van der Waals surface area contributed by atoms with Crippen LogP contribution in [0.25, 0.3) is 0 Å². The molecule has 3 unspecified atom stereocenters. The molecule has 4 N–H and O–H groups in total. The second kappa shape index (κ2) is 11.9. The van der Waals surface area contributed by atoms with Crippen molar-refractivity contribution in [3.63, 3.8) is 0 Å². The number of ether oxygens (including phenoxy) is 1. The van der Waals surface area contributed by atoms with Crippen LogP contribution >= 0.6 is 23.2 Å². The molecule has 1 heterocycles. The molecular weight excluding hydrogens is 473 g/mol. The van der Waals surface area contributed by atoms with Crippen LogP contribution in [0.2, 0.25) is 10.0 Å². The van der Waals surface area contributed by atoms with Crippen LogP contribution in [0, 0.1) is 5.92 Å². The maximum atomic E-state index is 13.0. The van der Waals surface area contributed by atoms with Gasteiger partial charge in [0.1, 0.15) is 23.2 Å². The summed E-state index contributed by atoms with van der Waals surface area (Å²) < 4.78 is 21.7. The van der Waals surface area contributed by atoms with E-state index in [-0.39, 0.29) is 31.0 Å². The van der Waals surface area contributed by atoms with Gasteiger partial charge in [0.15, 0.2) is 0 Å². The molecule has 3 atom stereocenters. The van der Waals surface area contributed by atoms with Gasteiger partial charge in [-0.15, -0.1) is 4.72 Å². The number of nitrogens with two attached hydrogens (primary N) is 1. The zero-order chi connectivity index (χ0) is 24.1. The number of hydrogen-bond donors (Lipinski definition) is 3. The summed E-state index contributed by atoms with van der Waals surface area (Å²) in [5.41, 5.74) is 6.18. The molecule has 0 aliphatic carbocycles. The van der Waals surface area contributed by atoms with Gasteiger partial charge in [0, 0.05) is 42.6 Å². The molecule has 32 heavy (non-hydrogen) atoms. The van der Waals surface area contributed by atoms with Crippen LogP contribution in [0.15, 0.2) is 24.8 Å². The van der Waals surface area contributed by atoms with Crippen LogP contribution in [0.1, 0.15) is 45.2 Å². The Hall–Kier alpha value is -1.00. The van der Waals surface area contributed by atoms with Gasteiger partial charge in [-0.3, -0.25) is 4.79 Å². The van der Waals surface area contributed by atoms with Crippen molar-refractivity contribution < 1.29 is 19.2 Å². The van der Waals surface area contributed by atoms with Gasteiger partial charge in [0.25, 0.3) is 5.91 Å². The van der Waals surface area contributed by atoms with Crippen LogP contribution < -0.4 is 15.2 Å². The number of amides is 1. The highest BCUT2D eigenvalue weighted by Gasteiger charge is 2.38. The summed E-state index contributed by atoms with van der Waals surface area (Å²) >= 11 is 11.2. The third-order valence-electron chi connectivity index (χ3n) is 5.37. The number of carbonyl (C=O) groups excluding carboxylic acids is 1. The smallest absolute Gasteiger partial charge is 0.252 e. The first kappa shape index (κ1) is 27.2.